The summed E-state index contributed by atoms with van der Waals surface area (Å²) in [4.78, 5) is 19.4. The summed E-state index contributed by atoms with van der Waals surface area (Å²) in [6, 6.07) is 13.8. The molecule has 5 nitrogen and oxygen atoms in total. The zero-order valence-electron chi connectivity index (χ0n) is 16.6. The van der Waals surface area contributed by atoms with E-state index in [4.69, 9.17) is 9.47 Å². The van der Waals surface area contributed by atoms with Crippen LogP contribution in [0.25, 0.3) is 0 Å². The highest BCUT2D eigenvalue weighted by molar-refractivity contribution is 8.13. The van der Waals surface area contributed by atoms with Crippen molar-refractivity contribution in [2.24, 2.45) is 4.99 Å². The van der Waals surface area contributed by atoms with Gasteiger partial charge in [-0.2, -0.15) is 0 Å². The zero-order valence-corrected chi connectivity index (χ0v) is 17.4. The smallest absolute Gasteiger partial charge is 0.260 e. The monoisotopic (exact) mass is 398 g/mol. The first-order chi connectivity index (χ1) is 13.6. The third-order valence-electron chi connectivity index (χ3n) is 4.33. The molecule has 1 aliphatic heterocycles. The molecule has 0 fully saturated rings. The lowest BCUT2D eigenvalue weighted by Crippen LogP contribution is -2.32. The van der Waals surface area contributed by atoms with Crippen molar-refractivity contribution in [3.05, 3.63) is 59.2 Å². The number of carbonyl (C=O) groups excluding carboxylic acids is 1. The highest BCUT2D eigenvalue weighted by Crippen LogP contribution is 2.30. The molecule has 3 rings (SSSR count). The molecule has 0 unspecified atom stereocenters. The molecular formula is C22H26N2O3S. The van der Waals surface area contributed by atoms with Crippen molar-refractivity contribution in [3.63, 3.8) is 0 Å². The van der Waals surface area contributed by atoms with Crippen molar-refractivity contribution < 1.29 is 14.3 Å². The number of hydrogen-bond acceptors (Lipinski definition) is 5. The van der Waals surface area contributed by atoms with E-state index in [0.717, 1.165) is 10.9 Å². The number of hydrogen-bond donors (Lipinski definition) is 0. The number of nitrogens with zero attached hydrogens (tertiary/aromatic N) is 2. The van der Waals surface area contributed by atoms with Crippen molar-refractivity contribution in [1.29, 1.82) is 0 Å². The lowest BCUT2D eigenvalue weighted by molar-refractivity contribution is 0.0860. The lowest BCUT2D eigenvalue weighted by Gasteiger charge is -2.19. The fraction of sp³-hybridized carbons (Fsp3) is 0.364. The lowest BCUT2D eigenvalue weighted by atomic mass is 10.1. The van der Waals surface area contributed by atoms with E-state index in [1.807, 2.05) is 13.8 Å². The fourth-order valence-corrected chi connectivity index (χ4v) is 3.91. The highest BCUT2D eigenvalue weighted by Gasteiger charge is 2.26. The van der Waals surface area contributed by atoms with Crippen molar-refractivity contribution in [3.8, 4) is 11.5 Å². The normalized spacial score (nSPS) is 13.4. The van der Waals surface area contributed by atoms with E-state index in [0.29, 0.717) is 43.4 Å². The second kappa shape index (κ2) is 9.64. The Morgan fingerprint density at radius 1 is 1.07 bits per heavy atom. The van der Waals surface area contributed by atoms with Crippen LogP contribution in [0.4, 0.5) is 0 Å². The Kier molecular flexibility index (Phi) is 6.98. The van der Waals surface area contributed by atoms with Gasteiger partial charge in [-0.1, -0.05) is 41.6 Å². The molecule has 0 bridgehead atoms. The predicted octanol–water partition coefficient (Wildman–Crippen LogP) is 4.54. The van der Waals surface area contributed by atoms with Gasteiger partial charge in [0.1, 0.15) is 0 Å². The molecule has 1 aliphatic rings. The van der Waals surface area contributed by atoms with Gasteiger partial charge in [0.25, 0.3) is 5.91 Å². The summed E-state index contributed by atoms with van der Waals surface area (Å²) in [6.45, 7) is 8.21. The summed E-state index contributed by atoms with van der Waals surface area (Å²) in [7, 11) is 0. The van der Waals surface area contributed by atoms with Gasteiger partial charge in [0.2, 0.25) is 0 Å². The first kappa shape index (κ1) is 20.3. The van der Waals surface area contributed by atoms with Crippen LogP contribution in [0.5, 0.6) is 11.5 Å². The van der Waals surface area contributed by atoms with Crippen LogP contribution < -0.4 is 9.47 Å². The molecule has 1 amide bonds. The summed E-state index contributed by atoms with van der Waals surface area (Å²) < 4.78 is 11.2. The van der Waals surface area contributed by atoms with Crippen LogP contribution in [0, 0.1) is 6.92 Å². The van der Waals surface area contributed by atoms with Crippen LogP contribution in [0.15, 0.2) is 47.5 Å². The number of benzene rings is 2. The number of aryl methyl sites for hydroxylation is 1. The van der Waals surface area contributed by atoms with Gasteiger partial charge >= 0.3 is 0 Å². The standard InChI is InChI=1S/C22H26N2O3S/c1-4-26-19-11-10-18(14-20(19)27-5-2)21(25)24-13-12-23-22(24)28-15-17-8-6-16(3)7-9-17/h6-11,14H,4-5,12-13,15H2,1-3H3. The van der Waals surface area contributed by atoms with Crippen LogP contribution in [0.1, 0.15) is 35.3 Å². The zero-order chi connectivity index (χ0) is 19.9. The minimum Gasteiger partial charge on any atom is -0.490 e. The summed E-state index contributed by atoms with van der Waals surface area (Å²) in [5, 5.41) is 0.775. The number of amides is 1. The average Bonchev–Trinajstić information content (AvgIpc) is 3.17. The Morgan fingerprint density at radius 3 is 2.50 bits per heavy atom. The maximum Gasteiger partial charge on any atom is 0.260 e. The molecule has 0 N–H and O–H groups in total. The van der Waals surface area contributed by atoms with E-state index in [2.05, 4.69) is 36.2 Å². The highest BCUT2D eigenvalue weighted by atomic mass is 32.2. The third-order valence-corrected chi connectivity index (χ3v) is 5.41. The topological polar surface area (TPSA) is 51.1 Å². The minimum atomic E-state index is -0.0587. The van der Waals surface area contributed by atoms with Crippen LogP contribution >= 0.6 is 11.8 Å². The third kappa shape index (κ3) is 4.87. The summed E-state index contributed by atoms with van der Waals surface area (Å²) in [5.41, 5.74) is 3.04. The van der Waals surface area contributed by atoms with Crippen molar-refractivity contribution >= 4 is 22.8 Å². The van der Waals surface area contributed by atoms with Crippen LogP contribution in [0.3, 0.4) is 0 Å². The van der Waals surface area contributed by atoms with Gasteiger partial charge in [-0.15, -0.1) is 0 Å². The molecule has 0 atom stereocenters. The van der Waals surface area contributed by atoms with E-state index < -0.39 is 0 Å². The second-order valence-corrected chi connectivity index (χ2v) is 7.37. The molecule has 0 saturated carbocycles. The van der Waals surface area contributed by atoms with Gasteiger partial charge < -0.3 is 9.47 Å². The quantitative estimate of drug-likeness (QED) is 0.687. The van der Waals surface area contributed by atoms with Crippen LogP contribution in [-0.2, 0) is 5.75 Å². The molecule has 28 heavy (non-hydrogen) atoms. The first-order valence-electron chi connectivity index (χ1n) is 9.56. The average molecular weight is 399 g/mol. The van der Waals surface area contributed by atoms with E-state index in [9.17, 15) is 4.79 Å². The molecule has 0 aliphatic carbocycles. The first-order valence-corrected chi connectivity index (χ1v) is 10.5. The number of ether oxygens (including phenoxy) is 2. The second-order valence-electron chi connectivity index (χ2n) is 6.42. The molecule has 0 spiro atoms. The Bertz CT molecular complexity index is 849. The number of amidine groups is 1. The Hall–Kier alpha value is -2.47. The van der Waals surface area contributed by atoms with Gasteiger partial charge in [-0.3, -0.25) is 14.7 Å². The molecule has 1 heterocycles. The molecule has 0 radical (unpaired) electrons. The SMILES string of the molecule is CCOc1ccc(C(=O)N2CCN=C2SCc2ccc(C)cc2)cc1OCC. The van der Waals surface area contributed by atoms with Gasteiger partial charge in [0, 0.05) is 17.9 Å². The van der Waals surface area contributed by atoms with E-state index in [1.165, 1.54) is 11.1 Å². The molecule has 6 heteroatoms. The largest absolute Gasteiger partial charge is 0.490 e. The van der Waals surface area contributed by atoms with E-state index >= 15 is 0 Å². The maximum absolute atomic E-state index is 13.1. The van der Waals surface area contributed by atoms with Crippen molar-refractivity contribution in [1.82, 2.24) is 4.90 Å². The van der Waals surface area contributed by atoms with Gasteiger partial charge in [0.05, 0.1) is 19.8 Å². The summed E-state index contributed by atoms with van der Waals surface area (Å²) in [6.07, 6.45) is 0. The van der Waals surface area contributed by atoms with Crippen LogP contribution in [-0.4, -0.2) is 42.3 Å². The molecule has 0 saturated heterocycles. The molecule has 0 aromatic heterocycles. The number of carbonyl (C=O) groups is 1. The summed E-state index contributed by atoms with van der Waals surface area (Å²) >= 11 is 1.60. The van der Waals surface area contributed by atoms with Gasteiger partial charge in [-0.05, 0) is 44.5 Å². The van der Waals surface area contributed by atoms with E-state index in [-0.39, 0.29) is 5.91 Å². The Morgan fingerprint density at radius 2 is 1.79 bits per heavy atom. The van der Waals surface area contributed by atoms with Crippen LogP contribution in [0.2, 0.25) is 0 Å². The molecular weight excluding hydrogens is 372 g/mol. The molecule has 2 aromatic rings. The number of rotatable bonds is 7. The number of aliphatic imine (C=N–C) groups is 1. The van der Waals surface area contributed by atoms with Gasteiger partial charge in [-0.25, -0.2) is 0 Å². The molecule has 148 valence electrons. The van der Waals surface area contributed by atoms with Crippen molar-refractivity contribution in [2.75, 3.05) is 26.3 Å². The van der Waals surface area contributed by atoms with E-state index in [1.54, 1.807) is 34.9 Å². The summed E-state index contributed by atoms with van der Waals surface area (Å²) in [5.74, 6) is 1.98. The molecule has 2 aromatic carbocycles. The fourth-order valence-electron chi connectivity index (χ4n) is 2.91. The maximum atomic E-state index is 13.1. The Labute approximate surface area is 170 Å². The minimum absolute atomic E-state index is 0.0587. The van der Waals surface area contributed by atoms with Gasteiger partial charge in [0.15, 0.2) is 16.7 Å². The number of thioether (sulfide) groups is 1. The van der Waals surface area contributed by atoms with Crippen molar-refractivity contribution in [2.45, 2.75) is 26.5 Å². The Balaban J connectivity index is 1.71. The predicted molar refractivity (Wildman–Crippen MR) is 115 cm³/mol.